The molecule has 0 aliphatic carbocycles. The Morgan fingerprint density at radius 2 is 1.88 bits per heavy atom. The van der Waals surface area contributed by atoms with Gasteiger partial charge in [0.1, 0.15) is 11.5 Å². The van der Waals surface area contributed by atoms with E-state index in [1.54, 1.807) is 5.38 Å². The molecule has 12 heteroatoms. The number of rotatable bonds is 7. The van der Waals surface area contributed by atoms with E-state index in [4.69, 9.17) is 4.42 Å². The fraction of sp³-hybridized carbons (Fsp3) is 0.500. The van der Waals surface area contributed by atoms with Crippen molar-refractivity contribution >= 4 is 50.4 Å². The fourth-order valence-electron chi connectivity index (χ4n) is 3.60. The van der Waals surface area contributed by atoms with Crippen molar-refractivity contribution in [3.8, 4) is 5.75 Å². The highest BCUT2D eigenvalue weighted by Gasteiger charge is 2.33. The first-order chi connectivity index (χ1) is 15.1. The van der Waals surface area contributed by atoms with E-state index in [0.717, 1.165) is 47.4 Å². The highest BCUT2D eigenvalue weighted by atomic mass is 32.2. The summed E-state index contributed by atoms with van der Waals surface area (Å²) in [5.41, 5.74) is 0.0943. The predicted molar refractivity (Wildman–Crippen MR) is 126 cm³/mol. The van der Waals surface area contributed by atoms with Crippen LogP contribution in [0, 0.1) is 12.3 Å². The predicted octanol–water partition coefficient (Wildman–Crippen LogP) is 4.93. The number of nitrogens with one attached hydrogen (secondary N) is 2. The molecule has 1 atom stereocenters. The molecule has 0 bridgehead atoms. The zero-order valence-corrected chi connectivity index (χ0v) is 20.8. The van der Waals surface area contributed by atoms with E-state index in [1.807, 2.05) is 19.1 Å². The van der Waals surface area contributed by atoms with Crippen molar-refractivity contribution in [2.45, 2.75) is 50.8 Å². The molecule has 174 valence electrons. The summed E-state index contributed by atoms with van der Waals surface area (Å²) in [4.78, 5) is 0. The molecular weight excluding hydrogens is 470 g/mol. The van der Waals surface area contributed by atoms with E-state index in [0.29, 0.717) is 24.7 Å². The SMILES string of the molecule is Cc1ccc([C@H](Nc2nsnc2Nc2csc(S(=O)(=O)N3CCCC3)c2O)C(C)(C)C)o1. The first-order valence-corrected chi connectivity index (χ1v) is 13.4. The summed E-state index contributed by atoms with van der Waals surface area (Å²) in [6, 6.07) is 3.67. The second-order valence-electron chi connectivity index (χ2n) is 8.87. The Balaban J connectivity index is 1.58. The molecule has 0 saturated carbocycles. The van der Waals surface area contributed by atoms with Crippen molar-refractivity contribution in [2.75, 3.05) is 23.7 Å². The Kier molecular flexibility index (Phi) is 6.23. The minimum Gasteiger partial charge on any atom is -0.504 e. The summed E-state index contributed by atoms with van der Waals surface area (Å²) in [7, 11) is -3.71. The minimum absolute atomic E-state index is 0.0572. The fourth-order valence-corrected chi connectivity index (χ4v) is 6.97. The Labute approximate surface area is 195 Å². The minimum atomic E-state index is -3.71. The monoisotopic (exact) mass is 497 g/mol. The van der Waals surface area contributed by atoms with Crippen LogP contribution in [0.5, 0.6) is 5.75 Å². The third kappa shape index (κ3) is 4.49. The van der Waals surface area contributed by atoms with Gasteiger partial charge in [0.25, 0.3) is 10.0 Å². The zero-order chi connectivity index (χ0) is 23.1. The van der Waals surface area contributed by atoms with Crippen LogP contribution < -0.4 is 10.6 Å². The molecule has 4 heterocycles. The summed E-state index contributed by atoms with van der Waals surface area (Å²) < 4.78 is 41.6. The van der Waals surface area contributed by atoms with Crippen molar-refractivity contribution in [2.24, 2.45) is 5.41 Å². The number of hydrogen-bond acceptors (Lipinski definition) is 10. The molecule has 9 nitrogen and oxygen atoms in total. The topological polar surface area (TPSA) is 121 Å². The molecule has 1 aliphatic rings. The number of nitrogens with zero attached hydrogens (tertiary/aromatic N) is 3. The highest BCUT2D eigenvalue weighted by Crippen LogP contribution is 2.43. The summed E-state index contributed by atoms with van der Waals surface area (Å²) in [6.45, 7) is 9.13. The third-order valence-electron chi connectivity index (χ3n) is 5.31. The Bertz CT molecular complexity index is 1190. The van der Waals surface area contributed by atoms with E-state index in [9.17, 15) is 13.5 Å². The van der Waals surface area contributed by atoms with E-state index >= 15 is 0 Å². The lowest BCUT2D eigenvalue weighted by molar-refractivity contribution is 0.300. The van der Waals surface area contributed by atoms with Crippen LogP contribution in [-0.4, -0.2) is 39.7 Å². The van der Waals surface area contributed by atoms with Gasteiger partial charge < -0.3 is 20.2 Å². The number of aromatic nitrogens is 2. The number of furan rings is 1. The van der Waals surface area contributed by atoms with Crippen LogP contribution in [0.25, 0.3) is 0 Å². The van der Waals surface area contributed by atoms with Crippen LogP contribution in [0.1, 0.15) is 51.2 Å². The molecule has 4 rings (SSSR count). The number of aromatic hydroxyl groups is 1. The van der Waals surface area contributed by atoms with Crippen molar-refractivity contribution in [3.05, 3.63) is 29.0 Å². The van der Waals surface area contributed by atoms with Gasteiger partial charge in [-0.15, -0.1) is 11.3 Å². The number of aryl methyl sites for hydroxylation is 1. The molecular formula is C20H27N5O4S3. The molecule has 0 unspecified atom stereocenters. The molecule has 3 aromatic heterocycles. The summed E-state index contributed by atoms with van der Waals surface area (Å²) >= 11 is 2.01. The molecule has 3 N–H and O–H groups in total. The van der Waals surface area contributed by atoms with Gasteiger partial charge in [0.2, 0.25) is 0 Å². The standard InChI is InChI=1S/C20H27N5O4S3/c1-12-7-8-14(29-12)16(20(2,3)4)22-18-17(23-31-24-18)21-13-11-30-19(15(13)26)32(27,28)25-9-5-6-10-25/h7-8,11,16,26H,5-6,9-10H2,1-4H3,(H,21,23)(H,22,24)/t16-/m0/s1. The van der Waals surface area contributed by atoms with Crippen molar-refractivity contribution in [1.82, 2.24) is 13.1 Å². The van der Waals surface area contributed by atoms with Gasteiger partial charge in [-0.2, -0.15) is 13.1 Å². The van der Waals surface area contributed by atoms with Crippen LogP contribution in [-0.2, 0) is 10.0 Å². The summed E-state index contributed by atoms with van der Waals surface area (Å²) in [5, 5.41) is 18.7. The molecule has 0 aromatic carbocycles. The van der Waals surface area contributed by atoms with Gasteiger partial charge >= 0.3 is 0 Å². The second-order valence-corrected chi connectivity index (χ2v) is 12.4. The van der Waals surface area contributed by atoms with Crippen molar-refractivity contribution < 1.29 is 17.9 Å². The average molecular weight is 498 g/mol. The smallest absolute Gasteiger partial charge is 0.256 e. The Morgan fingerprint density at radius 3 is 2.50 bits per heavy atom. The molecule has 1 fully saturated rings. The van der Waals surface area contributed by atoms with Gasteiger partial charge in [-0.05, 0) is 37.3 Å². The average Bonchev–Trinajstić information content (AvgIpc) is 3.49. The van der Waals surface area contributed by atoms with E-state index in [2.05, 4.69) is 40.2 Å². The summed E-state index contributed by atoms with van der Waals surface area (Å²) in [6.07, 6.45) is 1.67. The quantitative estimate of drug-likeness (QED) is 0.420. The van der Waals surface area contributed by atoms with Gasteiger partial charge in [0.05, 0.1) is 23.5 Å². The zero-order valence-electron chi connectivity index (χ0n) is 18.4. The number of hydrogen-bond donors (Lipinski definition) is 3. The Hall–Kier alpha value is -2.15. The van der Waals surface area contributed by atoms with Crippen LogP contribution in [0.2, 0.25) is 0 Å². The lowest BCUT2D eigenvalue weighted by Gasteiger charge is -2.30. The molecule has 0 radical (unpaired) electrons. The van der Waals surface area contributed by atoms with Crippen LogP contribution >= 0.6 is 23.1 Å². The lowest BCUT2D eigenvalue weighted by Crippen LogP contribution is -2.27. The van der Waals surface area contributed by atoms with E-state index < -0.39 is 10.0 Å². The van der Waals surface area contributed by atoms with Crippen molar-refractivity contribution in [1.29, 1.82) is 0 Å². The maximum Gasteiger partial charge on any atom is 0.256 e. The second kappa shape index (κ2) is 8.65. The molecule has 32 heavy (non-hydrogen) atoms. The first kappa shape index (κ1) is 23.0. The third-order valence-corrected chi connectivity index (χ3v) is 9.22. The number of sulfonamides is 1. The number of anilines is 3. The highest BCUT2D eigenvalue weighted by molar-refractivity contribution is 7.91. The van der Waals surface area contributed by atoms with Crippen LogP contribution in [0.4, 0.5) is 17.3 Å². The molecule has 3 aromatic rings. The molecule has 0 amide bonds. The normalized spacial score (nSPS) is 16.4. The molecule has 1 aliphatic heterocycles. The van der Waals surface area contributed by atoms with Gasteiger partial charge in [-0.3, -0.25) is 0 Å². The Morgan fingerprint density at radius 1 is 1.19 bits per heavy atom. The van der Waals surface area contributed by atoms with Gasteiger partial charge in [-0.1, -0.05) is 20.8 Å². The maximum atomic E-state index is 12.9. The van der Waals surface area contributed by atoms with Crippen molar-refractivity contribution in [3.63, 3.8) is 0 Å². The van der Waals surface area contributed by atoms with Gasteiger partial charge in [-0.25, -0.2) is 8.42 Å². The largest absolute Gasteiger partial charge is 0.504 e. The van der Waals surface area contributed by atoms with Gasteiger partial charge in [0.15, 0.2) is 21.6 Å². The maximum absolute atomic E-state index is 12.9. The summed E-state index contributed by atoms with van der Waals surface area (Å²) in [5.74, 6) is 2.21. The first-order valence-electron chi connectivity index (χ1n) is 10.3. The molecule has 0 spiro atoms. The lowest BCUT2D eigenvalue weighted by atomic mass is 9.85. The van der Waals surface area contributed by atoms with Crippen LogP contribution in [0.15, 0.2) is 26.1 Å². The van der Waals surface area contributed by atoms with E-state index in [1.165, 1.54) is 4.31 Å². The van der Waals surface area contributed by atoms with Crippen LogP contribution in [0.3, 0.4) is 0 Å². The van der Waals surface area contributed by atoms with E-state index in [-0.39, 0.29) is 27.1 Å². The number of thiophene rings is 1. The molecule has 1 saturated heterocycles. The van der Waals surface area contributed by atoms with Gasteiger partial charge in [0, 0.05) is 18.5 Å².